The van der Waals surface area contributed by atoms with Gasteiger partial charge in [0.15, 0.2) is 17.5 Å². The maximum Gasteiger partial charge on any atom is 0.191 e. The van der Waals surface area contributed by atoms with Crippen LogP contribution in [0.25, 0.3) is 0 Å². The summed E-state index contributed by atoms with van der Waals surface area (Å²) in [4.78, 5) is 6.80. The standard InChI is InChI=1S/C22H30N4O2.HI/c1-23-22(25-15-17-8-9-20(27-2)21(14-17)28-3)24-11-13-26-12-10-18-6-4-5-7-19(18)16-26;/h4-9,14H,10-13,15-16H2,1-3H3,(H2,23,24,25);1H. The Morgan fingerprint density at radius 2 is 1.79 bits per heavy atom. The van der Waals surface area contributed by atoms with Crippen molar-refractivity contribution in [3.05, 3.63) is 59.2 Å². The van der Waals surface area contributed by atoms with Crippen molar-refractivity contribution in [3.8, 4) is 11.5 Å². The van der Waals surface area contributed by atoms with E-state index in [1.807, 2.05) is 18.2 Å². The Bertz CT molecular complexity index is 813. The molecule has 0 unspecified atom stereocenters. The molecular weight excluding hydrogens is 479 g/mol. The van der Waals surface area contributed by atoms with Gasteiger partial charge < -0.3 is 20.1 Å². The Hall–Kier alpha value is -2.00. The Balaban J connectivity index is 0.00000300. The lowest BCUT2D eigenvalue weighted by Crippen LogP contribution is -2.42. The van der Waals surface area contributed by atoms with E-state index in [0.29, 0.717) is 6.54 Å². The van der Waals surface area contributed by atoms with Gasteiger partial charge in [-0.25, -0.2) is 0 Å². The number of rotatable bonds is 7. The Labute approximate surface area is 190 Å². The average molecular weight is 510 g/mol. The molecule has 0 atom stereocenters. The van der Waals surface area contributed by atoms with E-state index in [4.69, 9.17) is 9.47 Å². The number of guanidine groups is 1. The Morgan fingerprint density at radius 1 is 1.03 bits per heavy atom. The van der Waals surface area contributed by atoms with Crippen molar-refractivity contribution in [1.29, 1.82) is 0 Å². The van der Waals surface area contributed by atoms with Gasteiger partial charge in [-0.1, -0.05) is 30.3 Å². The summed E-state index contributed by atoms with van der Waals surface area (Å²) in [5.41, 5.74) is 4.04. The van der Waals surface area contributed by atoms with Gasteiger partial charge in [-0.15, -0.1) is 24.0 Å². The Kier molecular flexibility index (Phi) is 9.53. The quantitative estimate of drug-likeness (QED) is 0.341. The summed E-state index contributed by atoms with van der Waals surface area (Å²) in [5, 5.41) is 6.76. The summed E-state index contributed by atoms with van der Waals surface area (Å²) in [7, 11) is 5.08. The first kappa shape index (κ1) is 23.3. The average Bonchev–Trinajstić information content (AvgIpc) is 2.75. The summed E-state index contributed by atoms with van der Waals surface area (Å²) in [5.74, 6) is 2.26. The zero-order valence-corrected chi connectivity index (χ0v) is 19.7. The molecule has 0 aliphatic carbocycles. The van der Waals surface area contributed by atoms with Crippen molar-refractivity contribution in [1.82, 2.24) is 15.5 Å². The van der Waals surface area contributed by atoms with E-state index in [-0.39, 0.29) is 24.0 Å². The Morgan fingerprint density at radius 3 is 2.52 bits per heavy atom. The maximum absolute atomic E-state index is 5.36. The molecule has 6 nitrogen and oxygen atoms in total. The van der Waals surface area contributed by atoms with Crippen LogP contribution in [0.3, 0.4) is 0 Å². The van der Waals surface area contributed by atoms with Crippen LogP contribution in [-0.4, -0.2) is 51.8 Å². The van der Waals surface area contributed by atoms with E-state index in [1.54, 1.807) is 21.3 Å². The second-order valence-corrected chi connectivity index (χ2v) is 6.84. The van der Waals surface area contributed by atoms with Gasteiger partial charge in [-0.05, 0) is 35.2 Å². The van der Waals surface area contributed by atoms with E-state index >= 15 is 0 Å². The first-order valence-electron chi connectivity index (χ1n) is 9.68. The fourth-order valence-corrected chi connectivity index (χ4v) is 3.47. The molecule has 0 fully saturated rings. The van der Waals surface area contributed by atoms with Crippen molar-refractivity contribution < 1.29 is 9.47 Å². The van der Waals surface area contributed by atoms with Crippen LogP contribution in [0.4, 0.5) is 0 Å². The molecule has 2 N–H and O–H groups in total. The molecule has 1 aliphatic rings. The van der Waals surface area contributed by atoms with Crippen LogP contribution in [0.1, 0.15) is 16.7 Å². The van der Waals surface area contributed by atoms with E-state index in [1.165, 1.54) is 11.1 Å². The molecule has 1 aliphatic heterocycles. The van der Waals surface area contributed by atoms with Crippen LogP contribution >= 0.6 is 24.0 Å². The van der Waals surface area contributed by atoms with Gasteiger partial charge >= 0.3 is 0 Å². The lowest BCUT2D eigenvalue weighted by Gasteiger charge is -2.28. The molecule has 3 rings (SSSR count). The number of methoxy groups -OCH3 is 2. The minimum atomic E-state index is 0. The topological polar surface area (TPSA) is 58.1 Å². The highest BCUT2D eigenvalue weighted by Gasteiger charge is 2.15. The van der Waals surface area contributed by atoms with E-state index in [0.717, 1.165) is 55.6 Å². The zero-order chi connectivity index (χ0) is 19.8. The minimum absolute atomic E-state index is 0. The molecule has 2 aromatic rings. The lowest BCUT2D eigenvalue weighted by atomic mass is 10.00. The van der Waals surface area contributed by atoms with Gasteiger partial charge in [0.25, 0.3) is 0 Å². The fourth-order valence-electron chi connectivity index (χ4n) is 3.47. The molecule has 0 amide bonds. The molecular formula is C22H31IN4O2. The van der Waals surface area contributed by atoms with Crippen molar-refractivity contribution in [2.45, 2.75) is 19.5 Å². The van der Waals surface area contributed by atoms with Gasteiger partial charge in [0, 0.05) is 39.8 Å². The number of fused-ring (bicyclic) bond motifs is 1. The van der Waals surface area contributed by atoms with Gasteiger partial charge in [0.05, 0.1) is 14.2 Å². The number of nitrogens with one attached hydrogen (secondary N) is 2. The largest absolute Gasteiger partial charge is 0.493 e. The number of hydrogen-bond acceptors (Lipinski definition) is 4. The highest BCUT2D eigenvalue weighted by atomic mass is 127. The molecule has 29 heavy (non-hydrogen) atoms. The van der Waals surface area contributed by atoms with E-state index < -0.39 is 0 Å². The van der Waals surface area contributed by atoms with Crippen LogP contribution in [0.5, 0.6) is 11.5 Å². The van der Waals surface area contributed by atoms with Crippen molar-refractivity contribution in [3.63, 3.8) is 0 Å². The van der Waals surface area contributed by atoms with Gasteiger partial charge in [-0.2, -0.15) is 0 Å². The second-order valence-electron chi connectivity index (χ2n) is 6.84. The first-order valence-corrected chi connectivity index (χ1v) is 9.68. The number of nitrogens with zero attached hydrogens (tertiary/aromatic N) is 2. The molecule has 0 saturated heterocycles. The van der Waals surface area contributed by atoms with Crippen molar-refractivity contribution >= 4 is 29.9 Å². The van der Waals surface area contributed by atoms with Gasteiger partial charge in [0.1, 0.15) is 0 Å². The maximum atomic E-state index is 5.36. The predicted molar refractivity (Wildman–Crippen MR) is 129 cm³/mol. The minimum Gasteiger partial charge on any atom is -0.493 e. The first-order chi connectivity index (χ1) is 13.7. The highest BCUT2D eigenvalue weighted by molar-refractivity contribution is 14.0. The number of benzene rings is 2. The molecule has 0 bridgehead atoms. The van der Waals surface area contributed by atoms with Gasteiger partial charge in [-0.3, -0.25) is 9.89 Å². The lowest BCUT2D eigenvalue weighted by molar-refractivity contribution is 0.258. The predicted octanol–water partition coefficient (Wildman–Crippen LogP) is 3.05. The third-order valence-electron chi connectivity index (χ3n) is 5.06. The number of halogens is 1. The van der Waals surface area contributed by atoms with E-state index in [2.05, 4.69) is 44.8 Å². The van der Waals surface area contributed by atoms with Crippen LogP contribution in [-0.2, 0) is 19.5 Å². The third-order valence-corrected chi connectivity index (χ3v) is 5.06. The van der Waals surface area contributed by atoms with Crippen molar-refractivity contribution in [2.75, 3.05) is 40.9 Å². The summed E-state index contributed by atoms with van der Waals surface area (Å²) in [6, 6.07) is 14.6. The smallest absolute Gasteiger partial charge is 0.191 e. The molecule has 0 saturated carbocycles. The van der Waals surface area contributed by atoms with Crippen LogP contribution in [0.15, 0.2) is 47.5 Å². The van der Waals surface area contributed by atoms with Gasteiger partial charge in [0.2, 0.25) is 0 Å². The summed E-state index contributed by atoms with van der Waals surface area (Å²) in [6.45, 7) is 4.64. The molecule has 0 aromatic heterocycles. The monoisotopic (exact) mass is 510 g/mol. The molecule has 0 spiro atoms. The van der Waals surface area contributed by atoms with Crippen LogP contribution < -0.4 is 20.1 Å². The number of hydrogen-bond donors (Lipinski definition) is 2. The summed E-state index contributed by atoms with van der Waals surface area (Å²) in [6.07, 6.45) is 1.13. The molecule has 7 heteroatoms. The van der Waals surface area contributed by atoms with Crippen LogP contribution in [0, 0.1) is 0 Å². The molecule has 2 aromatic carbocycles. The van der Waals surface area contributed by atoms with E-state index in [9.17, 15) is 0 Å². The molecule has 158 valence electrons. The van der Waals surface area contributed by atoms with Crippen molar-refractivity contribution in [2.24, 2.45) is 4.99 Å². The summed E-state index contributed by atoms with van der Waals surface area (Å²) >= 11 is 0. The molecule has 1 heterocycles. The highest BCUT2D eigenvalue weighted by Crippen LogP contribution is 2.27. The third kappa shape index (κ3) is 6.50. The second kappa shape index (κ2) is 11.9. The van der Waals surface area contributed by atoms with Crippen LogP contribution in [0.2, 0.25) is 0 Å². The summed E-state index contributed by atoms with van der Waals surface area (Å²) < 4.78 is 10.6. The fraction of sp³-hybridized carbons (Fsp3) is 0.409. The normalized spacial score (nSPS) is 13.8. The molecule has 0 radical (unpaired) electrons. The number of ether oxygens (including phenoxy) is 2. The SMILES string of the molecule is CN=C(NCCN1CCc2ccccc2C1)NCc1ccc(OC)c(OC)c1.I. The zero-order valence-electron chi connectivity index (χ0n) is 17.4. The number of aliphatic imine (C=N–C) groups is 1.